The van der Waals surface area contributed by atoms with Crippen molar-refractivity contribution >= 4 is 21.9 Å². The fourth-order valence-corrected chi connectivity index (χ4v) is 1.56. The number of ether oxygens (including phenoxy) is 1. The molecular formula is C10H14BrN3O. The van der Waals surface area contributed by atoms with E-state index in [9.17, 15) is 0 Å². The molecule has 0 atom stereocenters. The molecular weight excluding hydrogens is 258 g/mol. The smallest absolute Gasteiger partial charge is 0.188 e. The molecule has 0 fully saturated rings. The topological polar surface area (TPSA) is 59.6 Å². The zero-order valence-corrected chi connectivity index (χ0v) is 10.3. The van der Waals surface area contributed by atoms with Gasteiger partial charge in [-0.25, -0.2) is 0 Å². The number of benzene rings is 1. The lowest BCUT2D eigenvalue weighted by Gasteiger charge is -2.10. The molecule has 4 nitrogen and oxygen atoms in total. The Labute approximate surface area is 97.7 Å². The van der Waals surface area contributed by atoms with Crippen molar-refractivity contribution in [1.29, 1.82) is 0 Å². The highest BCUT2D eigenvalue weighted by atomic mass is 79.9. The molecule has 1 rings (SSSR count). The van der Waals surface area contributed by atoms with Crippen LogP contribution in [0.3, 0.4) is 0 Å². The number of aliphatic imine (C=N–C) groups is 1. The number of halogens is 1. The molecule has 0 aliphatic carbocycles. The second-order valence-electron chi connectivity index (χ2n) is 2.92. The third kappa shape index (κ3) is 3.43. The molecule has 0 saturated carbocycles. The average molecular weight is 272 g/mol. The predicted molar refractivity (Wildman–Crippen MR) is 65.1 cm³/mol. The second-order valence-corrected chi connectivity index (χ2v) is 3.83. The molecule has 0 heterocycles. The average Bonchev–Trinajstić information content (AvgIpc) is 2.26. The number of nitrogens with two attached hydrogens (primary N) is 1. The Bertz CT molecular complexity index is 366. The molecule has 5 heteroatoms. The van der Waals surface area contributed by atoms with Crippen LogP contribution in [0.1, 0.15) is 5.56 Å². The predicted octanol–water partition coefficient (Wildman–Crippen LogP) is 1.49. The van der Waals surface area contributed by atoms with E-state index in [4.69, 9.17) is 10.5 Å². The van der Waals surface area contributed by atoms with Gasteiger partial charge in [0.15, 0.2) is 5.96 Å². The Morgan fingerprint density at radius 2 is 2.33 bits per heavy atom. The molecule has 0 aliphatic rings. The van der Waals surface area contributed by atoms with Crippen molar-refractivity contribution in [3.63, 3.8) is 0 Å². The Kier molecular flexibility index (Phi) is 4.42. The normalized spacial score (nSPS) is 11.3. The maximum Gasteiger partial charge on any atom is 0.188 e. The van der Waals surface area contributed by atoms with Crippen molar-refractivity contribution in [2.45, 2.75) is 6.54 Å². The first-order valence-corrected chi connectivity index (χ1v) is 5.25. The molecule has 0 spiro atoms. The fourth-order valence-electron chi connectivity index (χ4n) is 1.15. The van der Waals surface area contributed by atoms with Crippen LogP contribution < -0.4 is 15.8 Å². The van der Waals surface area contributed by atoms with Gasteiger partial charge in [-0.15, -0.1) is 0 Å². The number of rotatable bonds is 3. The molecule has 0 radical (unpaired) electrons. The summed E-state index contributed by atoms with van der Waals surface area (Å²) in [5.74, 6) is 1.24. The summed E-state index contributed by atoms with van der Waals surface area (Å²) in [5, 5.41) is 2.98. The van der Waals surface area contributed by atoms with E-state index in [1.807, 2.05) is 18.2 Å². The van der Waals surface area contributed by atoms with Gasteiger partial charge in [0.05, 0.1) is 7.11 Å². The Morgan fingerprint density at radius 3 is 2.93 bits per heavy atom. The molecule has 1 aromatic carbocycles. The Morgan fingerprint density at radius 1 is 1.60 bits per heavy atom. The zero-order chi connectivity index (χ0) is 11.3. The maximum atomic E-state index is 5.54. The van der Waals surface area contributed by atoms with Crippen molar-refractivity contribution in [1.82, 2.24) is 5.32 Å². The van der Waals surface area contributed by atoms with Gasteiger partial charge >= 0.3 is 0 Å². The van der Waals surface area contributed by atoms with Crippen LogP contribution in [0.2, 0.25) is 0 Å². The van der Waals surface area contributed by atoms with Gasteiger partial charge in [-0.2, -0.15) is 0 Å². The monoisotopic (exact) mass is 271 g/mol. The largest absolute Gasteiger partial charge is 0.496 e. The SMILES string of the molecule is CN=C(N)NCc1cc(Br)ccc1OC. The summed E-state index contributed by atoms with van der Waals surface area (Å²) >= 11 is 3.40. The van der Waals surface area contributed by atoms with Crippen LogP contribution >= 0.6 is 15.9 Å². The molecule has 0 bridgehead atoms. The molecule has 0 aliphatic heterocycles. The lowest BCUT2D eigenvalue weighted by atomic mass is 10.2. The van der Waals surface area contributed by atoms with Gasteiger partial charge in [0, 0.05) is 23.6 Å². The van der Waals surface area contributed by atoms with Crippen LogP contribution in [0.5, 0.6) is 5.75 Å². The molecule has 82 valence electrons. The van der Waals surface area contributed by atoms with Crippen LogP contribution in [-0.2, 0) is 6.54 Å². The van der Waals surface area contributed by atoms with E-state index in [-0.39, 0.29) is 0 Å². The number of nitrogens with zero attached hydrogens (tertiary/aromatic N) is 1. The second kappa shape index (κ2) is 5.60. The van der Waals surface area contributed by atoms with Gasteiger partial charge in [-0.3, -0.25) is 4.99 Å². The van der Waals surface area contributed by atoms with Crippen molar-refractivity contribution in [3.8, 4) is 5.75 Å². The first-order valence-electron chi connectivity index (χ1n) is 4.46. The highest BCUT2D eigenvalue weighted by molar-refractivity contribution is 9.10. The molecule has 0 aromatic heterocycles. The molecule has 15 heavy (non-hydrogen) atoms. The fraction of sp³-hybridized carbons (Fsp3) is 0.300. The van der Waals surface area contributed by atoms with Crippen LogP contribution in [-0.4, -0.2) is 20.1 Å². The van der Waals surface area contributed by atoms with Crippen LogP contribution in [0, 0.1) is 0 Å². The molecule has 1 aromatic rings. The maximum absolute atomic E-state index is 5.54. The number of hydrogen-bond acceptors (Lipinski definition) is 2. The van der Waals surface area contributed by atoms with Gasteiger partial charge in [-0.05, 0) is 18.2 Å². The molecule has 0 amide bonds. The third-order valence-corrected chi connectivity index (χ3v) is 2.44. The zero-order valence-electron chi connectivity index (χ0n) is 8.75. The summed E-state index contributed by atoms with van der Waals surface area (Å²) in [4.78, 5) is 3.81. The summed E-state index contributed by atoms with van der Waals surface area (Å²) < 4.78 is 6.23. The van der Waals surface area contributed by atoms with E-state index in [2.05, 4.69) is 26.2 Å². The van der Waals surface area contributed by atoms with Crippen LogP contribution in [0.4, 0.5) is 0 Å². The van der Waals surface area contributed by atoms with Crippen molar-refractivity contribution in [2.75, 3.05) is 14.2 Å². The number of methoxy groups -OCH3 is 1. The Balaban J connectivity index is 2.78. The lowest BCUT2D eigenvalue weighted by Crippen LogP contribution is -2.30. The third-order valence-electron chi connectivity index (χ3n) is 1.94. The minimum Gasteiger partial charge on any atom is -0.496 e. The van der Waals surface area contributed by atoms with E-state index >= 15 is 0 Å². The summed E-state index contributed by atoms with van der Waals surface area (Å²) in [6.45, 7) is 0.589. The van der Waals surface area contributed by atoms with Crippen molar-refractivity contribution in [2.24, 2.45) is 10.7 Å². The van der Waals surface area contributed by atoms with E-state index in [1.54, 1.807) is 14.2 Å². The van der Waals surface area contributed by atoms with Crippen molar-refractivity contribution in [3.05, 3.63) is 28.2 Å². The van der Waals surface area contributed by atoms with Gasteiger partial charge in [-0.1, -0.05) is 15.9 Å². The summed E-state index contributed by atoms with van der Waals surface area (Å²) in [5.41, 5.74) is 6.56. The summed E-state index contributed by atoms with van der Waals surface area (Å²) in [7, 11) is 3.28. The summed E-state index contributed by atoms with van der Waals surface area (Å²) in [6, 6.07) is 5.81. The standard InChI is InChI=1S/C10H14BrN3O/c1-13-10(12)14-6-7-5-8(11)3-4-9(7)15-2/h3-5H,6H2,1-2H3,(H3,12,13,14). The van der Waals surface area contributed by atoms with Crippen LogP contribution in [0.15, 0.2) is 27.7 Å². The summed E-state index contributed by atoms with van der Waals surface area (Å²) in [6.07, 6.45) is 0. The highest BCUT2D eigenvalue weighted by Gasteiger charge is 2.03. The molecule has 0 saturated heterocycles. The van der Waals surface area contributed by atoms with E-state index in [1.165, 1.54) is 0 Å². The van der Waals surface area contributed by atoms with E-state index in [0.29, 0.717) is 12.5 Å². The van der Waals surface area contributed by atoms with E-state index in [0.717, 1.165) is 15.8 Å². The lowest BCUT2D eigenvalue weighted by molar-refractivity contribution is 0.409. The first-order chi connectivity index (χ1) is 7.17. The van der Waals surface area contributed by atoms with Crippen LogP contribution in [0.25, 0.3) is 0 Å². The quantitative estimate of drug-likeness (QED) is 0.647. The van der Waals surface area contributed by atoms with Gasteiger partial charge in [0.1, 0.15) is 5.75 Å². The number of nitrogens with one attached hydrogen (secondary N) is 1. The molecule has 3 N–H and O–H groups in total. The van der Waals surface area contributed by atoms with E-state index < -0.39 is 0 Å². The minimum absolute atomic E-state index is 0.414. The molecule has 0 unspecified atom stereocenters. The highest BCUT2D eigenvalue weighted by Crippen LogP contribution is 2.22. The number of hydrogen-bond donors (Lipinski definition) is 2. The van der Waals surface area contributed by atoms with Gasteiger partial charge in [0.2, 0.25) is 0 Å². The Hall–Kier alpha value is -1.23. The number of guanidine groups is 1. The van der Waals surface area contributed by atoms with Crippen molar-refractivity contribution < 1.29 is 4.74 Å². The van der Waals surface area contributed by atoms with Gasteiger partial charge < -0.3 is 15.8 Å². The minimum atomic E-state index is 0.414. The first kappa shape index (κ1) is 11.8. The van der Waals surface area contributed by atoms with Gasteiger partial charge in [0.25, 0.3) is 0 Å².